The molecule has 0 spiro atoms. The molecule has 0 aliphatic carbocycles. The summed E-state index contributed by atoms with van der Waals surface area (Å²) in [6.45, 7) is 5.37. The van der Waals surface area contributed by atoms with Crippen molar-refractivity contribution in [3.05, 3.63) is 89.7 Å². The van der Waals surface area contributed by atoms with Gasteiger partial charge in [-0.2, -0.15) is 18.3 Å². The molecule has 2 aromatic heterocycles. The van der Waals surface area contributed by atoms with Crippen molar-refractivity contribution in [2.75, 3.05) is 18.1 Å². The van der Waals surface area contributed by atoms with Crippen molar-refractivity contribution in [1.29, 1.82) is 0 Å². The van der Waals surface area contributed by atoms with E-state index in [0.717, 1.165) is 42.4 Å². The van der Waals surface area contributed by atoms with Gasteiger partial charge in [-0.05, 0) is 92.1 Å². The highest BCUT2D eigenvalue weighted by Gasteiger charge is 2.36. The Morgan fingerprint density at radius 1 is 0.818 bits per heavy atom. The lowest BCUT2D eigenvalue weighted by Crippen LogP contribution is -2.23. The minimum Gasteiger partial charge on any atom is -0.379 e. The number of hydrogen-bond acceptors (Lipinski definition) is 4. The topological polar surface area (TPSA) is 43.2 Å². The third kappa shape index (κ3) is 7.89. The second-order valence-corrected chi connectivity index (χ2v) is 11.7. The Hall–Kier alpha value is -3.65. The molecule has 0 amide bonds. The first-order valence-corrected chi connectivity index (χ1v) is 16.1. The van der Waals surface area contributed by atoms with Crippen LogP contribution in [0.1, 0.15) is 88.1 Å². The molecule has 1 unspecified atom stereocenters. The Morgan fingerprint density at radius 2 is 1.41 bits per heavy atom. The number of rotatable bonds is 13. The van der Waals surface area contributed by atoms with Gasteiger partial charge in [-0.15, -0.1) is 0 Å². The fraction of sp³-hybridized carbons (Fsp3) is 0.444. The first-order chi connectivity index (χ1) is 21.4. The van der Waals surface area contributed by atoms with E-state index in [1.807, 2.05) is 6.07 Å². The highest BCUT2D eigenvalue weighted by atomic mass is 19.4. The summed E-state index contributed by atoms with van der Waals surface area (Å²) in [5, 5.41) is 3.97. The lowest BCUT2D eigenvalue weighted by molar-refractivity contribution is -0.141. The maximum absolute atomic E-state index is 13.7. The number of ether oxygens (including phenoxy) is 1. The normalized spacial score (nSPS) is 15.4. The Kier molecular flexibility index (Phi) is 10.7. The molecule has 5 rings (SSSR count). The molecule has 44 heavy (non-hydrogen) atoms. The van der Waals surface area contributed by atoms with Crippen LogP contribution in [0.4, 0.5) is 30.2 Å². The second-order valence-electron chi connectivity index (χ2n) is 11.7. The maximum Gasteiger partial charge on any atom is 0.435 e. The number of anilines is 3. The van der Waals surface area contributed by atoms with Gasteiger partial charge in [0.2, 0.25) is 0 Å². The first kappa shape index (κ1) is 31.8. The van der Waals surface area contributed by atoms with Crippen LogP contribution in [0.15, 0.2) is 72.9 Å². The summed E-state index contributed by atoms with van der Waals surface area (Å²) < 4.78 is 48.1. The zero-order valence-corrected chi connectivity index (χ0v) is 25.8. The molecule has 1 saturated heterocycles. The summed E-state index contributed by atoms with van der Waals surface area (Å²) in [6, 6.07) is 21.8. The van der Waals surface area contributed by atoms with Crippen LogP contribution in [-0.2, 0) is 23.8 Å². The predicted molar refractivity (Wildman–Crippen MR) is 171 cm³/mol. The van der Waals surface area contributed by atoms with E-state index in [9.17, 15) is 13.2 Å². The van der Waals surface area contributed by atoms with Crippen molar-refractivity contribution < 1.29 is 17.9 Å². The summed E-state index contributed by atoms with van der Waals surface area (Å²) in [5.74, 6) is 0. The summed E-state index contributed by atoms with van der Waals surface area (Å²) in [5.41, 5.74) is 5.32. The largest absolute Gasteiger partial charge is 0.435 e. The molecule has 4 aromatic rings. The molecule has 2 aromatic carbocycles. The Bertz CT molecular complexity index is 1390. The minimum atomic E-state index is -4.54. The van der Waals surface area contributed by atoms with Gasteiger partial charge in [0.15, 0.2) is 5.69 Å². The molecule has 1 aliphatic heterocycles. The van der Waals surface area contributed by atoms with E-state index in [2.05, 4.69) is 72.4 Å². The molecule has 234 valence electrons. The number of unbranched alkanes of at least 4 members (excludes halogenated alkanes) is 4. The van der Waals surface area contributed by atoms with Crippen LogP contribution in [0.2, 0.25) is 0 Å². The van der Waals surface area contributed by atoms with E-state index in [1.165, 1.54) is 54.3 Å². The molecule has 8 heteroatoms. The molecule has 0 saturated carbocycles. The number of aromatic nitrogens is 3. The standard InChI is InChI=1S/C36H43F3N4O/c1-3-5-7-10-27-13-17-29(18-14-27)42(30-19-15-28(16-20-30)11-8-6-4-2)31-21-22-33(40-25-31)34-24-35(36(37,38)39)41-43(34)32-12-9-23-44-26-32/h13-22,24-25,32H,3-12,23,26H2,1-2H3. The molecule has 0 bridgehead atoms. The third-order valence-corrected chi connectivity index (χ3v) is 8.30. The van der Waals surface area contributed by atoms with Gasteiger partial charge in [0, 0.05) is 18.0 Å². The Morgan fingerprint density at radius 3 is 1.89 bits per heavy atom. The predicted octanol–water partition coefficient (Wildman–Crippen LogP) is 10.3. The van der Waals surface area contributed by atoms with Crippen LogP contribution in [-0.4, -0.2) is 28.0 Å². The highest BCUT2D eigenvalue weighted by Crippen LogP contribution is 2.37. The third-order valence-electron chi connectivity index (χ3n) is 8.30. The molecular formula is C36H43F3N4O. The van der Waals surface area contributed by atoms with Crippen LogP contribution >= 0.6 is 0 Å². The van der Waals surface area contributed by atoms with Crippen LogP contribution in [0.5, 0.6) is 0 Å². The van der Waals surface area contributed by atoms with E-state index >= 15 is 0 Å². The smallest absolute Gasteiger partial charge is 0.379 e. The monoisotopic (exact) mass is 604 g/mol. The maximum atomic E-state index is 13.7. The van der Waals surface area contributed by atoms with Gasteiger partial charge < -0.3 is 9.64 Å². The van der Waals surface area contributed by atoms with Gasteiger partial charge in [-0.3, -0.25) is 9.67 Å². The molecular weight excluding hydrogens is 561 g/mol. The van der Waals surface area contributed by atoms with Crippen LogP contribution in [0, 0.1) is 0 Å². The summed E-state index contributed by atoms with van der Waals surface area (Å²) in [7, 11) is 0. The van der Waals surface area contributed by atoms with Crippen LogP contribution in [0.3, 0.4) is 0 Å². The second kappa shape index (κ2) is 14.9. The molecule has 0 N–H and O–H groups in total. The van der Waals surface area contributed by atoms with Gasteiger partial charge in [-0.1, -0.05) is 63.8 Å². The van der Waals surface area contributed by atoms with E-state index in [-0.39, 0.29) is 6.04 Å². The molecule has 3 heterocycles. The number of halogens is 3. The number of nitrogens with zero attached hydrogens (tertiary/aromatic N) is 4. The quantitative estimate of drug-likeness (QED) is 0.142. The summed E-state index contributed by atoms with van der Waals surface area (Å²) in [4.78, 5) is 6.84. The molecule has 1 fully saturated rings. The van der Waals surface area contributed by atoms with Gasteiger partial charge >= 0.3 is 6.18 Å². The lowest BCUT2D eigenvalue weighted by atomic mass is 10.0. The average Bonchev–Trinajstić information content (AvgIpc) is 3.50. The number of pyridine rings is 1. The van der Waals surface area contributed by atoms with Crippen molar-refractivity contribution in [2.24, 2.45) is 0 Å². The fourth-order valence-corrected chi connectivity index (χ4v) is 5.82. The number of benzene rings is 2. The van der Waals surface area contributed by atoms with E-state index < -0.39 is 11.9 Å². The van der Waals surface area contributed by atoms with Gasteiger partial charge in [0.05, 0.1) is 35.9 Å². The first-order valence-electron chi connectivity index (χ1n) is 16.1. The lowest BCUT2D eigenvalue weighted by Gasteiger charge is -2.26. The van der Waals surface area contributed by atoms with Crippen molar-refractivity contribution in [1.82, 2.24) is 14.8 Å². The van der Waals surface area contributed by atoms with Crippen molar-refractivity contribution in [3.63, 3.8) is 0 Å². The zero-order chi connectivity index (χ0) is 30.9. The van der Waals surface area contributed by atoms with Crippen molar-refractivity contribution >= 4 is 17.1 Å². The fourth-order valence-electron chi connectivity index (χ4n) is 5.82. The number of aryl methyl sites for hydroxylation is 2. The number of alkyl halides is 3. The average molecular weight is 605 g/mol. The molecule has 1 aliphatic rings. The SMILES string of the molecule is CCCCCc1ccc(N(c2ccc(CCCCC)cc2)c2ccc(-c3cc(C(F)(F)F)nn3C3CCCOC3)nc2)cc1. The van der Waals surface area contributed by atoms with Gasteiger partial charge in [-0.25, -0.2) is 0 Å². The zero-order valence-electron chi connectivity index (χ0n) is 25.8. The van der Waals surface area contributed by atoms with E-state index in [0.29, 0.717) is 31.0 Å². The van der Waals surface area contributed by atoms with Crippen molar-refractivity contribution in [3.8, 4) is 11.4 Å². The number of hydrogen-bond donors (Lipinski definition) is 0. The van der Waals surface area contributed by atoms with Gasteiger partial charge in [0.1, 0.15) is 0 Å². The van der Waals surface area contributed by atoms with Crippen molar-refractivity contribution in [2.45, 2.75) is 90.3 Å². The highest BCUT2D eigenvalue weighted by molar-refractivity contribution is 5.77. The van der Waals surface area contributed by atoms with E-state index in [4.69, 9.17) is 9.72 Å². The van der Waals surface area contributed by atoms with Gasteiger partial charge in [0.25, 0.3) is 0 Å². The summed E-state index contributed by atoms with van der Waals surface area (Å²) in [6.07, 6.45) is 7.94. The van der Waals surface area contributed by atoms with E-state index in [1.54, 1.807) is 12.3 Å². The van der Waals surface area contributed by atoms with Crippen LogP contribution < -0.4 is 4.90 Å². The molecule has 0 radical (unpaired) electrons. The molecule has 5 nitrogen and oxygen atoms in total. The Labute approximate surface area is 259 Å². The molecule has 1 atom stereocenters. The Balaban J connectivity index is 1.47. The van der Waals surface area contributed by atoms with Crippen LogP contribution in [0.25, 0.3) is 11.4 Å². The summed E-state index contributed by atoms with van der Waals surface area (Å²) >= 11 is 0. The minimum absolute atomic E-state index is 0.264.